The minimum atomic E-state index is -0.142. The van der Waals surface area contributed by atoms with Crippen LogP contribution in [0.5, 0.6) is 0 Å². The van der Waals surface area contributed by atoms with E-state index in [1.54, 1.807) is 39.3 Å². The first-order valence-electron chi connectivity index (χ1n) is 7.94. The SMILES string of the molecule is O=C(c1cc(-c2cccs2)[nH]n1)N1CCN(C(=O)c2ccco2)CC1. The highest BCUT2D eigenvalue weighted by Crippen LogP contribution is 2.23. The molecule has 0 unspecified atom stereocenters. The molecule has 2 amide bonds. The molecule has 1 aliphatic heterocycles. The Morgan fingerprint density at radius 2 is 1.84 bits per heavy atom. The van der Waals surface area contributed by atoms with Crippen molar-refractivity contribution in [3.63, 3.8) is 0 Å². The quantitative estimate of drug-likeness (QED) is 0.781. The molecule has 0 spiro atoms. The number of rotatable bonds is 3. The van der Waals surface area contributed by atoms with Crippen molar-refractivity contribution < 1.29 is 14.0 Å². The molecule has 3 aromatic heterocycles. The summed E-state index contributed by atoms with van der Waals surface area (Å²) in [5, 5.41) is 9.03. The van der Waals surface area contributed by atoms with Gasteiger partial charge in [-0.05, 0) is 29.6 Å². The summed E-state index contributed by atoms with van der Waals surface area (Å²) >= 11 is 1.59. The van der Waals surface area contributed by atoms with Crippen LogP contribution in [0.3, 0.4) is 0 Å². The molecule has 1 saturated heterocycles. The first-order chi connectivity index (χ1) is 12.2. The lowest BCUT2D eigenvalue weighted by atomic mass is 10.2. The van der Waals surface area contributed by atoms with Gasteiger partial charge in [0.1, 0.15) is 0 Å². The Hall–Kier alpha value is -2.87. The zero-order valence-corrected chi connectivity index (χ0v) is 14.2. The number of furan rings is 1. The molecule has 128 valence electrons. The van der Waals surface area contributed by atoms with Crippen LogP contribution in [0.2, 0.25) is 0 Å². The maximum absolute atomic E-state index is 12.6. The van der Waals surface area contributed by atoms with Crippen molar-refractivity contribution in [3.05, 3.63) is 53.4 Å². The number of piperazine rings is 1. The van der Waals surface area contributed by atoms with Crippen molar-refractivity contribution >= 4 is 23.2 Å². The van der Waals surface area contributed by atoms with Crippen LogP contribution < -0.4 is 0 Å². The summed E-state index contributed by atoms with van der Waals surface area (Å²) in [6, 6.07) is 9.04. The van der Waals surface area contributed by atoms with E-state index in [2.05, 4.69) is 10.2 Å². The maximum Gasteiger partial charge on any atom is 0.289 e. The van der Waals surface area contributed by atoms with Crippen LogP contribution in [-0.4, -0.2) is 58.0 Å². The van der Waals surface area contributed by atoms with E-state index in [4.69, 9.17) is 4.42 Å². The molecule has 1 N–H and O–H groups in total. The van der Waals surface area contributed by atoms with Crippen molar-refractivity contribution in [2.45, 2.75) is 0 Å². The van der Waals surface area contributed by atoms with E-state index >= 15 is 0 Å². The zero-order valence-electron chi connectivity index (χ0n) is 13.3. The number of nitrogens with zero attached hydrogens (tertiary/aromatic N) is 3. The molecule has 0 aliphatic carbocycles. The third-order valence-electron chi connectivity index (χ3n) is 4.17. The van der Waals surface area contributed by atoms with Gasteiger partial charge in [-0.3, -0.25) is 14.7 Å². The molecule has 1 fully saturated rings. The summed E-state index contributed by atoms with van der Waals surface area (Å²) in [6.45, 7) is 1.92. The van der Waals surface area contributed by atoms with E-state index in [0.29, 0.717) is 37.6 Å². The Morgan fingerprint density at radius 1 is 1.08 bits per heavy atom. The van der Waals surface area contributed by atoms with Gasteiger partial charge in [0.15, 0.2) is 11.5 Å². The molecule has 0 radical (unpaired) electrons. The van der Waals surface area contributed by atoms with Gasteiger partial charge in [0.05, 0.1) is 16.8 Å². The van der Waals surface area contributed by atoms with E-state index in [1.165, 1.54) is 6.26 Å². The fourth-order valence-corrected chi connectivity index (χ4v) is 3.51. The highest BCUT2D eigenvalue weighted by Gasteiger charge is 2.27. The summed E-state index contributed by atoms with van der Waals surface area (Å²) in [5.74, 6) is 0.0636. The minimum Gasteiger partial charge on any atom is -0.459 e. The van der Waals surface area contributed by atoms with Crippen LogP contribution in [0, 0.1) is 0 Å². The van der Waals surface area contributed by atoms with E-state index in [9.17, 15) is 9.59 Å². The number of hydrogen-bond acceptors (Lipinski definition) is 5. The molecular formula is C17H16N4O3S. The van der Waals surface area contributed by atoms with Crippen LogP contribution in [0.25, 0.3) is 10.6 Å². The second kappa shape index (κ2) is 6.56. The molecule has 7 nitrogen and oxygen atoms in total. The van der Waals surface area contributed by atoms with Crippen LogP contribution in [0.1, 0.15) is 21.0 Å². The molecule has 0 bridgehead atoms. The number of amides is 2. The predicted molar refractivity (Wildman–Crippen MR) is 92.4 cm³/mol. The Bertz CT molecular complexity index is 862. The van der Waals surface area contributed by atoms with Gasteiger partial charge in [0.2, 0.25) is 0 Å². The Balaban J connectivity index is 1.39. The third-order valence-corrected chi connectivity index (χ3v) is 5.07. The van der Waals surface area contributed by atoms with Crippen molar-refractivity contribution in [3.8, 4) is 10.6 Å². The van der Waals surface area contributed by atoms with Crippen molar-refractivity contribution in [1.82, 2.24) is 20.0 Å². The van der Waals surface area contributed by atoms with E-state index in [1.807, 2.05) is 17.5 Å². The second-order valence-electron chi connectivity index (χ2n) is 5.71. The highest BCUT2D eigenvalue weighted by molar-refractivity contribution is 7.13. The van der Waals surface area contributed by atoms with Gasteiger partial charge >= 0.3 is 0 Å². The number of thiophene rings is 1. The summed E-state index contributed by atoms with van der Waals surface area (Å²) in [7, 11) is 0. The van der Waals surface area contributed by atoms with Gasteiger partial charge in [-0.1, -0.05) is 6.07 Å². The van der Waals surface area contributed by atoms with Gasteiger partial charge in [-0.25, -0.2) is 0 Å². The van der Waals surface area contributed by atoms with Gasteiger partial charge < -0.3 is 14.2 Å². The molecular weight excluding hydrogens is 340 g/mol. The molecule has 0 atom stereocenters. The molecule has 4 rings (SSSR count). The first-order valence-corrected chi connectivity index (χ1v) is 8.81. The van der Waals surface area contributed by atoms with Crippen LogP contribution in [0.4, 0.5) is 0 Å². The third kappa shape index (κ3) is 3.08. The standard InChI is InChI=1S/C17H16N4O3S/c22-16(13-11-12(18-19-13)15-4-2-10-25-15)20-5-7-21(8-6-20)17(23)14-3-1-9-24-14/h1-4,9-11H,5-8H2,(H,18,19). The zero-order chi connectivity index (χ0) is 17.2. The molecule has 3 aromatic rings. The summed E-state index contributed by atoms with van der Waals surface area (Å²) in [4.78, 5) is 29.3. The van der Waals surface area contributed by atoms with Crippen molar-refractivity contribution in [1.29, 1.82) is 0 Å². The van der Waals surface area contributed by atoms with E-state index < -0.39 is 0 Å². The lowest BCUT2D eigenvalue weighted by molar-refractivity contribution is 0.0515. The number of aromatic nitrogens is 2. The van der Waals surface area contributed by atoms with Gasteiger partial charge in [0, 0.05) is 26.2 Å². The molecule has 8 heteroatoms. The number of carbonyl (C=O) groups is 2. The van der Waals surface area contributed by atoms with Gasteiger partial charge in [-0.2, -0.15) is 5.10 Å². The topological polar surface area (TPSA) is 82.4 Å². The monoisotopic (exact) mass is 356 g/mol. The van der Waals surface area contributed by atoms with Crippen LogP contribution >= 0.6 is 11.3 Å². The number of hydrogen-bond donors (Lipinski definition) is 1. The highest BCUT2D eigenvalue weighted by atomic mass is 32.1. The summed E-state index contributed by atoms with van der Waals surface area (Å²) in [6.07, 6.45) is 1.48. The average Bonchev–Trinajstić information content (AvgIpc) is 3.42. The smallest absolute Gasteiger partial charge is 0.289 e. The first kappa shape index (κ1) is 15.6. The van der Waals surface area contributed by atoms with E-state index in [-0.39, 0.29) is 11.8 Å². The van der Waals surface area contributed by atoms with Crippen molar-refractivity contribution in [2.24, 2.45) is 0 Å². The molecule has 0 saturated carbocycles. The number of H-pyrrole nitrogens is 1. The summed E-state index contributed by atoms with van der Waals surface area (Å²) < 4.78 is 5.15. The van der Waals surface area contributed by atoms with Crippen LogP contribution in [-0.2, 0) is 0 Å². The van der Waals surface area contributed by atoms with Gasteiger partial charge in [0.25, 0.3) is 11.8 Å². The molecule has 25 heavy (non-hydrogen) atoms. The van der Waals surface area contributed by atoms with Crippen molar-refractivity contribution in [2.75, 3.05) is 26.2 Å². The fourth-order valence-electron chi connectivity index (χ4n) is 2.82. The normalized spacial score (nSPS) is 14.7. The molecule has 4 heterocycles. The van der Waals surface area contributed by atoms with E-state index in [0.717, 1.165) is 10.6 Å². The average molecular weight is 356 g/mol. The number of aromatic amines is 1. The maximum atomic E-state index is 12.6. The largest absolute Gasteiger partial charge is 0.459 e. The minimum absolute atomic E-state index is 0.121. The lowest BCUT2D eigenvalue weighted by Crippen LogP contribution is -2.50. The predicted octanol–water partition coefficient (Wildman–Crippen LogP) is 2.33. The molecule has 1 aliphatic rings. The summed E-state index contributed by atoms with van der Waals surface area (Å²) in [5.41, 5.74) is 1.24. The fraction of sp³-hybridized carbons (Fsp3) is 0.235. The number of carbonyl (C=O) groups excluding carboxylic acids is 2. The lowest BCUT2D eigenvalue weighted by Gasteiger charge is -2.33. The molecule has 0 aromatic carbocycles. The Labute approximate surface area is 147 Å². The van der Waals surface area contributed by atoms with Crippen LogP contribution in [0.15, 0.2) is 46.4 Å². The Kier molecular flexibility index (Phi) is 4.10. The Morgan fingerprint density at radius 3 is 2.48 bits per heavy atom. The second-order valence-corrected chi connectivity index (χ2v) is 6.65. The van der Waals surface area contributed by atoms with Gasteiger partial charge in [-0.15, -0.1) is 11.3 Å². The number of nitrogens with one attached hydrogen (secondary N) is 1.